The molecule has 1 aliphatic carbocycles. The first-order chi connectivity index (χ1) is 10.3. The van der Waals surface area contributed by atoms with Crippen LogP contribution in [0.2, 0.25) is 0 Å². The highest BCUT2D eigenvalue weighted by Crippen LogP contribution is 2.38. The zero-order valence-electron chi connectivity index (χ0n) is 12.2. The molecule has 1 heterocycles. The van der Waals surface area contributed by atoms with E-state index >= 15 is 0 Å². The molecule has 1 N–H and O–H groups in total. The Kier molecular flexibility index (Phi) is 5.19. The summed E-state index contributed by atoms with van der Waals surface area (Å²) in [4.78, 5) is 1.56. The Hall–Kier alpha value is -0.590. The predicted octanol–water partition coefficient (Wildman–Crippen LogP) is 5.38. The zero-order valence-corrected chi connectivity index (χ0v) is 15.2. The van der Waals surface area contributed by atoms with Gasteiger partial charge in [0.2, 0.25) is 0 Å². The summed E-state index contributed by atoms with van der Waals surface area (Å²) in [6, 6.07) is 11.3. The summed E-state index contributed by atoms with van der Waals surface area (Å²) in [5.74, 6) is 0. The smallest absolute Gasteiger partial charge is 0.0736 e. The van der Waals surface area contributed by atoms with Crippen molar-refractivity contribution in [2.75, 3.05) is 11.9 Å². The van der Waals surface area contributed by atoms with E-state index < -0.39 is 0 Å². The molecule has 1 unspecified atom stereocenters. The first-order valence-corrected chi connectivity index (χ1v) is 9.37. The van der Waals surface area contributed by atoms with E-state index in [1.165, 1.54) is 39.0 Å². The van der Waals surface area contributed by atoms with Crippen LogP contribution in [-0.4, -0.2) is 6.61 Å². The third-order valence-electron chi connectivity index (χ3n) is 3.89. The number of ether oxygens (including phenoxy) is 1. The van der Waals surface area contributed by atoms with Gasteiger partial charge >= 0.3 is 0 Å². The first-order valence-electron chi connectivity index (χ1n) is 7.48. The number of rotatable bonds is 5. The average molecular weight is 413 g/mol. The van der Waals surface area contributed by atoms with Crippen LogP contribution < -0.4 is 5.32 Å². The van der Waals surface area contributed by atoms with Crippen molar-refractivity contribution in [1.82, 2.24) is 0 Å². The average Bonchev–Trinajstić information content (AvgIpc) is 2.88. The van der Waals surface area contributed by atoms with Crippen LogP contribution >= 0.6 is 33.9 Å². The number of para-hydroxylation sites is 1. The quantitative estimate of drug-likeness (QED) is 0.665. The molecule has 0 bridgehead atoms. The number of hydrogen-bond donors (Lipinski definition) is 1. The molecule has 0 saturated heterocycles. The van der Waals surface area contributed by atoms with Gasteiger partial charge in [0, 0.05) is 22.7 Å². The minimum absolute atomic E-state index is 0.441. The number of fused-ring (bicyclic) bond motifs is 1. The van der Waals surface area contributed by atoms with Gasteiger partial charge in [-0.1, -0.05) is 18.2 Å². The third kappa shape index (κ3) is 3.60. The molecular weight excluding hydrogens is 393 g/mol. The fraction of sp³-hybridized carbons (Fsp3) is 0.412. The van der Waals surface area contributed by atoms with Crippen LogP contribution in [0.1, 0.15) is 41.8 Å². The third-order valence-corrected chi connectivity index (χ3v) is 5.86. The van der Waals surface area contributed by atoms with Crippen LogP contribution in [0.5, 0.6) is 0 Å². The van der Waals surface area contributed by atoms with Gasteiger partial charge in [0.15, 0.2) is 0 Å². The van der Waals surface area contributed by atoms with E-state index in [1.54, 1.807) is 4.88 Å². The van der Waals surface area contributed by atoms with Crippen LogP contribution in [0.15, 0.2) is 30.3 Å². The summed E-state index contributed by atoms with van der Waals surface area (Å²) in [6.07, 6.45) is 3.72. The van der Waals surface area contributed by atoms with Gasteiger partial charge in [0.25, 0.3) is 0 Å². The lowest BCUT2D eigenvalue weighted by Gasteiger charge is -2.26. The molecule has 3 rings (SSSR count). The molecule has 1 aromatic heterocycles. The Morgan fingerprint density at radius 3 is 3.10 bits per heavy atom. The van der Waals surface area contributed by atoms with Crippen LogP contribution in [-0.2, 0) is 17.8 Å². The van der Waals surface area contributed by atoms with Crippen molar-refractivity contribution < 1.29 is 4.74 Å². The molecule has 0 aliphatic heterocycles. The van der Waals surface area contributed by atoms with Crippen molar-refractivity contribution in [3.8, 4) is 0 Å². The number of thiophene rings is 1. The van der Waals surface area contributed by atoms with Gasteiger partial charge in [-0.05, 0) is 66.5 Å². The summed E-state index contributed by atoms with van der Waals surface area (Å²) in [5.41, 5.74) is 3.96. The van der Waals surface area contributed by atoms with E-state index in [1.807, 2.05) is 18.3 Å². The number of anilines is 1. The Morgan fingerprint density at radius 1 is 1.38 bits per heavy atom. The Balaban J connectivity index is 1.81. The van der Waals surface area contributed by atoms with E-state index in [0.29, 0.717) is 12.6 Å². The first kappa shape index (κ1) is 15.3. The molecule has 112 valence electrons. The second-order valence-electron chi connectivity index (χ2n) is 5.31. The van der Waals surface area contributed by atoms with Gasteiger partial charge in [-0.3, -0.25) is 0 Å². The molecule has 2 nitrogen and oxygen atoms in total. The summed E-state index contributed by atoms with van der Waals surface area (Å²) >= 11 is 4.38. The lowest BCUT2D eigenvalue weighted by molar-refractivity contribution is 0.134. The fourth-order valence-corrected chi connectivity index (χ4v) is 4.98. The largest absolute Gasteiger partial charge is 0.378 e. The molecule has 0 amide bonds. The maximum Gasteiger partial charge on any atom is 0.0736 e. The number of aryl methyl sites for hydroxylation is 1. The molecule has 1 atom stereocenters. The highest BCUT2D eigenvalue weighted by molar-refractivity contribution is 14.1. The van der Waals surface area contributed by atoms with Gasteiger partial charge in [0.1, 0.15) is 0 Å². The Labute approximate surface area is 144 Å². The van der Waals surface area contributed by atoms with Crippen LogP contribution in [0.25, 0.3) is 0 Å². The number of benzene rings is 1. The lowest BCUT2D eigenvalue weighted by atomic mass is 9.93. The van der Waals surface area contributed by atoms with Crippen molar-refractivity contribution in [1.29, 1.82) is 0 Å². The topological polar surface area (TPSA) is 21.3 Å². The second-order valence-corrected chi connectivity index (χ2v) is 8.34. The van der Waals surface area contributed by atoms with Crippen molar-refractivity contribution in [2.45, 2.75) is 38.8 Å². The van der Waals surface area contributed by atoms with Crippen molar-refractivity contribution >= 4 is 39.6 Å². The Bertz CT molecular complexity index is 611. The molecule has 4 heteroatoms. The SMILES string of the molecule is CCOCc1ccccc1NC1CCCc2sc(I)cc21. The number of nitrogens with one attached hydrogen (secondary N) is 1. The summed E-state index contributed by atoms with van der Waals surface area (Å²) < 4.78 is 6.98. The monoisotopic (exact) mass is 413 g/mol. The van der Waals surface area contributed by atoms with Gasteiger partial charge < -0.3 is 10.1 Å². The maximum atomic E-state index is 5.58. The second kappa shape index (κ2) is 7.11. The van der Waals surface area contributed by atoms with Crippen molar-refractivity contribution in [3.05, 3.63) is 49.2 Å². The normalized spacial score (nSPS) is 17.5. The van der Waals surface area contributed by atoms with E-state index in [2.05, 4.69) is 58.2 Å². The van der Waals surface area contributed by atoms with Gasteiger partial charge in [-0.25, -0.2) is 0 Å². The molecule has 0 fully saturated rings. The summed E-state index contributed by atoms with van der Waals surface area (Å²) in [7, 11) is 0. The molecular formula is C17H20INOS. The van der Waals surface area contributed by atoms with Crippen LogP contribution in [0.4, 0.5) is 5.69 Å². The van der Waals surface area contributed by atoms with E-state index in [4.69, 9.17) is 4.74 Å². The molecule has 0 radical (unpaired) electrons. The molecule has 21 heavy (non-hydrogen) atoms. The highest BCUT2D eigenvalue weighted by atomic mass is 127. The Morgan fingerprint density at radius 2 is 2.24 bits per heavy atom. The number of halogens is 1. The van der Waals surface area contributed by atoms with E-state index in [9.17, 15) is 0 Å². The van der Waals surface area contributed by atoms with E-state index in [-0.39, 0.29) is 0 Å². The summed E-state index contributed by atoms with van der Waals surface area (Å²) in [5, 5.41) is 3.75. The minimum atomic E-state index is 0.441. The molecule has 2 aromatic rings. The fourth-order valence-electron chi connectivity index (χ4n) is 2.86. The van der Waals surface area contributed by atoms with Gasteiger partial charge in [-0.15, -0.1) is 11.3 Å². The number of hydrogen-bond acceptors (Lipinski definition) is 3. The van der Waals surface area contributed by atoms with E-state index in [0.717, 1.165) is 6.61 Å². The van der Waals surface area contributed by atoms with Gasteiger partial charge in [0.05, 0.1) is 15.5 Å². The van der Waals surface area contributed by atoms with Crippen LogP contribution in [0, 0.1) is 2.88 Å². The van der Waals surface area contributed by atoms with Crippen LogP contribution in [0.3, 0.4) is 0 Å². The summed E-state index contributed by atoms with van der Waals surface area (Å²) in [6.45, 7) is 3.47. The van der Waals surface area contributed by atoms with Crippen molar-refractivity contribution in [3.63, 3.8) is 0 Å². The standard InChI is InChI=1S/C17H20INOS/c1-2-20-11-12-6-3-4-7-14(12)19-15-8-5-9-16-13(15)10-17(18)21-16/h3-4,6-7,10,15,19H,2,5,8-9,11H2,1H3. The predicted molar refractivity (Wildman–Crippen MR) is 98.1 cm³/mol. The molecule has 1 aromatic carbocycles. The van der Waals surface area contributed by atoms with Gasteiger partial charge in [-0.2, -0.15) is 0 Å². The minimum Gasteiger partial charge on any atom is -0.378 e. The maximum absolute atomic E-state index is 5.58. The molecule has 0 spiro atoms. The zero-order chi connectivity index (χ0) is 14.7. The lowest BCUT2D eigenvalue weighted by Crippen LogP contribution is -2.16. The molecule has 0 saturated carbocycles. The highest BCUT2D eigenvalue weighted by Gasteiger charge is 2.23. The molecule has 1 aliphatic rings. The van der Waals surface area contributed by atoms with Crippen molar-refractivity contribution in [2.24, 2.45) is 0 Å².